The van der Waals surface area contributed by atoms with Crippen LogP contribution in [0, 0.1) is 12.3 Å². The van der Waals surface area contributed by atoms with Crippen molar-refractivity contribution in [1.82, 2.24) is 9.97 Å². The number of hydrogen-bond donors (Lipinski definition) is 2. The molecule has 0 fully saturated rings. The first-order valence-electron chi connectivity index (χ1n) is 10.1. The summed E-state index contributed by atoms with van der Waals surface area (Å²) in [6.45, 7) is 2.84. The maximum absolute atomic E-state index is 8.93. The van der Waals surface area contributed by atoms with E-state index in [1.165, 1.54) is 6.33 Å². The number of fused-ring (bicyclic) bond motifs is 2. The quantitative estimate of drug-likeness (QED) is 0.242. The third-order valence-electron chi connectivity index (χ3n) is 4.40. The molecule has 4 rings (SSSR count). The van der Waals surface area contributed by atoms with Gasteiger partial charge in [0.1, 0.15) is 25.4 Å². The normalized spacial score (nSPS) is 14.4. The molecule has 180 valence electrons. The largest absolute Gasteiger partial charge is 0.565 e. The number of anilines is 2. The van der Waals surface area contributed by atoms with Gasteiger partial charge in [-0.05, 0) is 28.8 Å². The monoisotopic (exact) mass is 489 g/mol. The van der Waals surface area contributed by atoms with Gasteiger partial charge in [0.05, 0.1) is 31.9 Å². The van der Waals surface area contributed by atoms with Gasteiger partial charge >= 0.3 is 8.25 Å². The Morgan fingerprint density at radius 2 is 1.71 bits per heavy atom. The van der Waals surface area contributed by atoms with Gasteiger partial charge in [-0.3, -0.25) is 0 Å². The zero-order valence-electron chi connectivity index (χ0n) is 18.0. The number of nitrogens with zero attached hydrogens (tertiary/aromatic N) is 2. The Hall–Kier alpha value is -3.36. The maximum atomic E-state index is 8.93. The van der Waals surface area contributed by atoms with Gasteiger partial charge in [0.2, 0.25) is 0 Å². The van der Waals surface area contributed by atoms with Crippen LogP contribution in [-0.4, -0.2) is 54.9 Å². The minimum absolute atomic E-state index is 0. The molecule has 1 aliphatic rings. The molecule has 0 saturated heterocycles. The van der Waals surface area contributed by atoms with Gasteiger partial charge in [-0.15, -0.1) is 6.42 Å². The van der Waals surface area contributed by atoms with Crippen LogP contribution in [0.25, 0.3) is 10.9 Å². The minimum atomic E-state index is -3.04. The lowest BCUT2D eigenvalue weighted by molar-refractivity contribution is -0.244. The average molecular weight is 489 g/mol. The molecule has 0 bridgehead atoms. The fourth-order valence-electron chi connectivity index (χ4n) is 2.96. The summed E-state index contributed by atoms with van der Waals surface area (Å²) in [4.78, 5) is 17.7. The molecule has 0 aliphatic carbocycles. The Balaban J connectivity index is 0.000000656. The van der Waals surface area contributed by atoms with Crippen molar-refractivity contribution in [3.63, 3.8) is 0 Å². The first-order valence-corrected chi connectivity index (χ1v) is 11.2. The summed E-state index contributed by atoms with van der Waals surface area (Å²) in [7, 11) is -3.04. The topological polar surface area (TPSA) is 144 Å². The molecule has 2 N–H and O–H groups in total. The van der Waals surface area contributed by atoms with Crippen LogP contribution in [0.1, 0.15) is 6.99 Å². The van der Waals surface area contributed by atoms with Crippen LogP contribution >= 0.6 is 8.25 Å². The summed E-state index contributed by atoms with van der Waals surface area (Å²) < 4.78 is 34.4. The Labute approximate surface area is 198 Å². The van der Waals surface area contributed by atoms with E-state index >= 15 is 0 Å². The van der Waals surface area contributed by atoms with Gasteiger partial charge in [-0.2, -0.15) is 0 Å². The lowest BCUT2D eigenvalue weighted by Gasteiger charge is -2.16. The Bertz CT molecular complexity index is 1160. The molecule has 2 aromatic carbocycles. The predicted molar refractivity (Wildman–Crippen MR) is 123 cm³/mol. The molecule has 0 radical (unpaired) electrons. The molecule has 2 heterocycles. The second-order valence-electron chi connectivity index (χ2n) is 6.62. The number of hydrogen-bond acceptors (Lipinski definition) is 11. The highest BCUT2D eigenvalue weighted by Gasteiger charge is 2.13. The summed E-state index contributed by atoms with van der Waals surface area (Å²) in [5, 5.41) is 11.2. The Kier molecular flexibility index (Phi) is 9.94. The molecule has 0 spiro atoms. The lowest BCUT2D eigenvalue weighted by Crippen LogP contribution is -2.15. The number of ether oxygens (including phenoxy) is 4. The SMILES string of the molecule is C#Cc1cccc(Nc2ncnc3cc4c(cc23)OCCOCCOCCO4)c1.O=[P+]([O-])OO.[HH]. The molecule has 1 aromatic heterocycles. The fourth-order valence-corrected chi connectivity index (χ4v) is 2.96. The van der Waals surface area contributed by atoms with Crippen LogP contribution in [0.4, 0.5) is 11.5 Å². The van der Waals surface area contributed by atoms with Crippen molar-refractivity contribution in [2.45, 2.75) is 0 Å². The van der Waals surface area contributed by atoms with Crippen LogP contribution in [0.5, 0.6) is 11.5 Å². The predicted octanol–water partition coefficient (Wildman–Crippen LogP) is 2.90. The molecular formula is C22H24N3O8P. The third-order valence-corrected chi connectivity index (χ3v) is 4.54. The maximum Gasteiger partial charge on any atom is 0.521 e. The molecule has 0 saturated carbocycles. The zero-order valence-corrected chi connectivity index (χ0v) is 18.9. The molecule has 1 atom stereocenters. The first kappa shape index (κ1) is 25.3. The van der Waals surface area contributed by atoms with Gasteiger partial charge in [0.15, 0.2) is 11.5 Å². The van der Waals surface area contributed by atoms with Crippen molar-refractivity contribution in [3.05, 3.63) is 48.3 Å². The van der Waals surface area contributed by atoms with Gasteiger partial charge in [-0.25, -0.2) is 15.2 Å². The highest BCUT2D eigenvalue weighted by molar-refractivity contribution is 7.30. The highest BCUT2D eigenvalue weighted by atomic mass is 31.1. The molecular weight excluding hydrogens is 465 g/mol. The van der Waals surface area contributed by atoms with Crippen LogP contribution in [-0.2, 0) is 18.7 Å². The smallest absolute Gasteiger partial charge is 0.521 e. The van der Waals surface area contributed by atoms with E-state index in [1.54, 1.807) is 0 Å². The van der Waals surface area contributed by atoms with E-state index < -0.39 is 8.25 Å². The molecule has 12 heteroatoms. The van der Waals surface area contributed by atoms with Crippen LogP contribution in [0.3, 0.4) is 0 Å². The number of aromatic nitrogens is 2. The standard InChI is InChI=1S/C22H21N3O4.HO4P.H2/c1-2-16-4-3-5-17(12-16)25-22-18-13-20-21(14-19(18)23-15-24-22)29-11-9-27-7-6-26-8-10-28-20;1-4-5(2)3;/h1,3-5,12-15H,6-11H2,(H,23,24,25);1H;1H. The van der Waals surface area contributed by atoms with Gasteiger partial charge in [-0.1, -0.05) is 12.0 Å². The van der Waals surface area contributed by atoms with Crippen molar-refractivity contribution >= 4 is 30.7 Å². The average Bonchev–Trinajstić information content (AvgIpc) is 2.84. The number of rotatable bonds is 3. The summed E-state index contributed by atoms with van der Waals surface area (Å²) in [5.74, 6) is 4.51. The minimum Gasteiger partial charge on any atom is -0.565 e. The van der Waals surface area contributed by atoms with E-state index in [9.17, 15) is 0 Å². The summed E-state index contributed by atoms with van der Waals surface area (Å²) in [6, 6.07) is 11.3. The lowest BCUT2D eigenvalue weighted by atomic mass is 10.2. The molecule has 1 aliphatic heterocycles. The fraction of sp³-hybridized carbons (Fsp3) is 0.273. The number of terminal acetylenes is 1. The van der Waals surface area contributed by atoms with Crippen LogP contribution < -0.4 is 19.7 Å². The van der Waals surface area contributed by atoms with Gasteiger partial charge in [0, 0.05) is 28.8 Å². The van der Waals surface area contributed by atoms with E-state index in [0.717, 1.165) is 22.2 Å². The number of nitrogens with one attached hydrogen (secondary N) is 1. The highest BCUT2D eigenvalue weighted by Crippen LogP contribution is 2.35. The zero-order chi connectivity index (χ0) is 24.2. The van der Waals surface area contributed by atoms with Crippen molar-refractivity contribution in [2.24, 2.45) is 0 Å². The van der Waals surface area contributed by atoms with E-state index in [0.29, 0.717) is 57.0 Å². The molecule has 0 amide bonds. The van der Waals surface area contributed by atoms with Crippen molar-refractivity contribution in [1.29, 1.82) is 0 Å². The van der Waals surface area contributed by atoms with Crippen LogP contribution in [0.2, 0.25) is 0 Å². The Morgan fingerprint density at radius 1 is 1.06 bits per heavy atom. The van der Waals surface area contributed by atoms with Crippen LogP contribution in [0.15, 0.2) is 42.7 Å². The van der Waals surface area contributed by atoms with Gasteiger partial charge < -0.3 is 29.2 Å². The molecule has 1 unspecified atom stereocenters. The summed E-state index contributed by atoms with van der Waals surface area (Å²) >= 11 is 0. The summed E-state index contributed by atoms with van der Waals surface area (Å²) in [5.41, 5.74) is 2.37. The van der Waals surface area contributed by atoms with Crippen molar-refractivity contribution in [2.75, 3.05) is 45.0 Å². The Morgan fingerprint density at radius 3 is 2.35 bits per heavy atom. The van der Waals surface area contributed by atoms with Gasteiger partial charge in [0.25, 0.3) is 0 Å². The van der Waals surface area contributed by atoms with Crippen molar-refractivity contribution < 1.29 is 39.8 Å². The van der Waals surface area contributed by atoms with E-state index in [-0.39, 0.29) is 1.43 Å². The summed E-state index contributed by atoms with van der Waals surface area (Å²) in [6.07, 6.45) is 7.01. The third kappa shape index (κ3) is 7.60. The molecule has 34 heavy (non-hydrogen) atoms. The second kappa shape index (κ2) is 13.4. The van der Waals surface area contributed by atoms with E-state index in [2.05, 4.69) is 25.9 Å². The number of benzene rings is 2. The van der Waals surface area contributed by atoms with E-state index in [4.69, 9.17) is 40.1 Å². The van der Waals surface area contributed by atoms with Crippen molar-refractivity contribution in [3.8, 4) is 23.8 Å². The second-order valence-corrected chi connectivity index (χ2v) is 7.23. The molecule has 11 nitrogen and oxygen atoms in total. The van der Waals surface area contributed by atoms with E-state index in [1.807, 2.05) is 36.4 Å². The molecule has 3 aromatic rings. The first-order chi connectivity index (χ1) is 16.6.